The predicted octanol–water partition coefficient (Wildman–Crippen LogP) is 2.63. The summed E-state index contributed by atoms with van der Waals surface area (Å²) in [6.07, 6.45) is 3.35. The number of rotatable bonds is 4. The van der Waals surface area contributed by atoms with Gasteiger partial charge in [0, 0.05) is 11.6 Å². The topological polar surface area (TPSA) is 35.2 Å². The van der Waals surface area contributed by atoms with Crippen LogP contribution in [0.2, 0.25) is 0 Å². The molecular formula is C12H16FNO. The van der Waals surface area contributed by atoms with Crippen LogP contribution in [-0.4, -0.2) is 7.11 Å². The van der Waals surface area contributed by atoms with Crippen LogP contribution in [0.5, 0.6) is 5.75 Å². The summed E-state index contributed by atoms with van der Waals surface area (Å²) in [7, 11) is 1.47. The van der Waals surface area contributed by atoms with Crippen molar-refractivity contribution >= 4 is 0 Å². The van der Waals surface area contributed by atoms with Crippen LogP contribution >= 0.6 is 0 Å². The molecule has 0 bridgehead atoms. The minimum absolute atomic E-state index is 0.201. The monoisotopic (exact) mass is 209 g/mol. The molecule has 1 aromatic carbocycles. The SMILES string of the molecule is COc1cccc(C(N)CC2CC2)c1F. The first-order chi connectivity index (χ1) is 7.22. The van der Waals surface area contributed by atoms with E-state index in [4.69, 9.17) is 10.5 Å². The average Bonchev–Trinajstić information content (AvgIpc) is 3.02. The molecule has 2 N–H and O–H groups in total. The van der Waals surface area contributed by atoms with Crippen LogP contribution in [0.4, 0.5) is 4.39 Å². The Labute approximate surface area is 89.2 Å². The average molecular weight is 209 g/mol. The third-order valence-corrected chi connectivity index (χ3v) is 2.90. The van der Waals surface area contributed by atoms with Gasteiger partial charge < -0.3 is 10.5 Å². The van der Waals surface area contributed by atoms with Gasteiger partial charge in [0.15, 0.2) is 11.6 Å². The van der Waals surface area contributed by atoms with Gasteiger partial charge in [-0.1, -0.05) is 25.0 Å². The van der Waals surface area contributed by atoms with E-state index >= 15 is 0 Å². The first-order valence-corrected chi connectivity index (χ1v) is 5.30. The van der Waals surface area contributed by atoms with Crippen LogP contribution in [0.15, 0.2) is 18.2 Å². The number of nitrogens with two attached hydrogens (primary N) is 1. The number of methoxy groups -OCH3 is 1. The second-order valence-corrected chi connectivity index (χ2v) is 4.15. The molecule has 3 heteroatoms. The van der Waals surface area contributed by atoms with E-state index in [1.807, 2.05) is 0 Å². The fraction of sp³-hybridized carbons (Fsp3) is 0.500. The highest BCUT2D eigenvalue weighted by atomic mass is 19.1. The third-order valence-electron chi connectivity index (χ3n) is 2.90. The molecular weight excluding hydrogens is 193 g/mol. The fourth-order valence-corrected chi connectivity index (χ4v) is 1.81. The molecule has 1 saturated carbocycles. The molecule has 1 atom stereocenters. The third kappa shape index (κ3) is 2.29. The highest BCUT2D eigenvalue weighted by Gasteiger charge is 2.26. The standard InChI is InChI=1S/C12H16FNO/c1-15-11-4-2-3-9(12(11)13)10(14)7-8-5-6-8/h2-4,8,10H,5-7,14H2,1H3. The van der Waals surface area contributed by atoms with E-state index in [1.165, 1.54) is 20.0 Å². The maximum Gasteiger partial charge on any atom is 0.169 e. The highest BCUT2D eigenvalue weighted by molar-refractivity contribution is 5.32. The second-order valence-electron chi connectivity index (χ2n) is 4.15. The summed E-state index contributed by atoms with van der Waals surface area (Å²) in [5, 5.41) is 0. The van der Waals surface area contributed by atoms with Gasteiger partial charge >= 0.3 is 0 Å². The Morgan fingerprint density at radius 3 is 2.87 bits per heavy atom. The lowest BCUT2D eigenvalue weighted by molar-refractivity contribution is 0.381. The van der Waals surface area contributed by atoms with E-state index in [-0.39, 0.29) is 17.6 Å². The second kappa shape index (κ2) is 4.19. The summed E-state index contributed by atoms with van der Waals surface area (Å²) < 4.78 is 18.7. The summed E-state index contributed by atoms with van der Waals surface area (Å²) in [5.74, 6) is 0.664. The first kappa shape index (κ1) is 10.4. The molecule has 0 aliphatic heterocycles. The number of hydrogen-bond acceptors (Lipinski definition) is 2. The summed E-state index contributed by atoms with van der Waals surface area (Å²) in [4.78, 5) is 0. The van der Waals surface area contributed by atoms with Crippen LogP contribution in [0.25, 0.3) is 0 Å². The zero-order chi connectivity index (χ0) is 10.8. The maximum absolute atomic E-state index is 13.8. The lowest BCUT2D eigenvalue weighted by Gasteiger charge is -2.13. The molecule has 0 heterocycles. The van der Waals surface area contributed by atoms with E-state index in [9.17, 15) is 4.39 Å². The highest BCUT2D eigenvalue weighted by Crippen LogP contribution is 2.37. The van der Waals surface area contributed by atoms with Crippen molar-refractivity contribution in [1.29, 1.82) is 0 Å². The van der Waals surface area contributed by atoms with Crippen molar-refractivity contribution in [2.24, 2.45) is 11.7 Å². The Balaban J connectivity index is 2.17. The normalized spacial score (nSPS) is 17.5. The lowest BCUT2D eigenvalue weighted by atomic mass is 10.0. The van der Waals surface area contributed by atoms with Crippen molar-refractivity contribution in [3.05, 3.63) is 29.6 Å². The number of hydrogen-bond donors (Lipinski definition) is 1. The van der Waals surface area contributed by atoms with Crippen LogP contribution in [0.3, 0.4) is 0 Å². The summed E-state index contributed by atoms with van der Waals surface area (Å²) in [6.45, 7) is 0. The Bertz CT molecular complexity index is 349. The Hall–Kier alpha value is -1.09. The summed E-state index contributed by atoms with van der Waals surface area (Å²) >= 11 is 0. The summed E-state index contributed by atoms with van der Waals surface area (Å²) in [6, 6.07) is 4.94. The van der Waals surface area contributed by atoms with Crippen LogP contribution in [-0.2, 0) is 0 Å². The van der Waals surface area contributed by atoms with Gasteiger partial charge in [-0.05, 0) is 18.4 Å². The maximum atomic E-state index is 13.8. The quantitative estimate of drug-likeness (QED) is 0.827. The zero-order valence-corrected chi connectivity index (χ0v) is 8.87. The van der Waals surface area contributed by atoms with E-state index < -0.39 is 0 Å². The van der Waals surface area contributed by atoms with Gasteiger partial charge in [-0.2, -0.15) is 0 Å². The van der Waals surface area contributed by atoms with Crippen LogP contribution < -0.4 is 10.5 Å². The minimum Gasteiger partial charge on any atom is -0.494 e. The number of benzene rings is 1. The van der Waals surface area contributed by atoms with E-state index in [1.54, 1.807) is 18.2 Å². The molecule has 0 aromatic heterocycles. The molecule has 2 rings (SSSR count). The van der Waals surface area contributed by atoms with E-state index in [0.29, 0.717) is 11.5 Å². The largest absolute Gasteiger partial charge is 0.494 e. The zero-order valence-electron chi connectivity index (χ0n) is 8.87. The molecule has 1 fully saturated rings. The van der Waals surface area contributed by atoms with E-state index in [0.717, 1.165) is 6.42 Å². The van der Waals surface area contributed by atoms with Crippen LogP contribution in [0.1, 0.15) is 30.9 Å². The Morgan fingerprint density at radius 2 is 2.27 bits per heavy atom. The van der Waals surface area contributed by atoms with Gasteiger partial charge in [-0.15, -0.1) is 0 Å². The molecule has 0 amide bonds. The van der Waals surface area contributed by atoms with Crippen molar-refractivity contribution in [3.8, 4) is 5.75 Å². The van der Waals surface area contributed by atoms with Gasteiger partial charge in [0.25, 0.3) is 0 Å². The Kier molecular flexibility index (Phi) is 2.91. The number of ether oxygens (including phenoxy) is 1. The minimum atomic E-state index is -0.312. The molecule has 82 valence electrons. The summed E-state index contributed by atoms with van der Waals surface area (Å²) in [5.41, 5.74) is 6.54. The van der Waals surface area contributed by atoms with Gasteiger partial charge in [0.05, 0.1) is 7.11 Å². The van der Waals surface area contributed by atoms with Gasteiger partial charge in [-0.3, -0.25) is 0 Å². The van der Waals surface area contributed by atoms with Crippen LogP contribution in [0, 0.1) is 11.7 Å². The molecule has 1 aromatic rings. The van der Waals surface area contributed by atoms with Crippen molar-refractivity contribution in [3.63, 3.8) is 0 Å². The van der Waals surface area contributed by atoms with Crippen molar-refractivity contribution < 1.29 is 9.13 Å². The van der Waals surface area contributed by atoms with Crippen molar-refractivity contribution in [2.45, 2.75) is 25.3 Å². The van der Waals surface area contributed by atoms with Gasteiger partial charge in [-0.25, -0.2) is 4.39 Å². The van der Waals surface area contributed by atoms with E-state index in [2.05, 4.69) is 0 Å². The lowest BCUT2D eigenvalue weighted by Crippen LogP contribution is -2.13. The molecule has 1 unspecified atom stereocenters. The molecule has 0 saturated heterocycles. The first-order valence-electron chi connectivity index (χ1n) is 5.30. The predicted molar refractivity (Wildman–Crippen MR) is 57.2 cm³/mol. The molecule has 1 aliphatic carbocycles. The molecule has 0 radical (unpaired) electrons. The Morgan fingerprint density at radius 1 is 1.53 bits per heavy atom. The number of halogens is 1. The fourth-order valence-electron chi connectivity index (χ4n) is 1.81. The van der Waals surface area contributed by atoms with Crippen molar-refractivity contribution in [1.82, 2.24) is 0 Å². The molecule has 1 aliphatic rings. The van der Waals surface area contributed by atoms with Crippen molar-refractivity contribution in [2.75, 3.05) is 7.11 Å². The van der Waals surface area contributed by atoms with Gasteiger partial charge in [0.2, 0.25) is 0 Å². The molecule has 15 heavy (non-hydrogen) atoms. The molecule has 0 spiro atoms. The molecule has 2 nitrogen and oxygen atoms in total. The van der Waals surface area contributed by atoms with Gasteiger partial charge in [0.1, 0.15) is 0 Å². The smallest absolute Gasteiger partial charge is 0.169 e.